The van der Waals surface area contributed by atoms with Gasteiger partial charge in [-0.1, -0.05) is 19.6 Å². The Labute approximate surface area is 144 Å². The molecule has 0 spiro atoms. The van der Waals surface area contributed by atoms with Crippen LogP contribution in [0.25, 0.3) is 11.2 Å². The fourth-order valence-corrected chi connectivity index (χ4v) is 3.51. The van der Waals surface area contributed by atoms with Crippen molar-refractivity contribution in [1.29, 1.82) is 0 Å². The van der Waals surface area contributed by atoms with Gasteiger partial charge in [0.2, 0.25) is 0 Å². The van der Waals surface area contributed by atoms with Gasteiger partial charge in [-0.05, 0) is 7.05 Å². The van der Waals surface area contributed by atoms with Crippen LogP contribution in [0.4, 0.5) is 10.2 Å². The molecule has 3 N–H and O–H groups in total. The third kappa shape index (κ3) is 3.02. The zero-order valence-corrected chi connectivity index (χ0v) is 15.5. The van der Waals surface area contributed by atoms with E-state index < -0.39 is 45.5 Å². The molecule has 4 unspecified atom stereocenters. The highest BCUT2D eigenvalue weighted by atomic mass is 28.3. The Morgan fingerprint density at radius 1 is 1.28 bits per heavy atom. The summed E-state index contributed by atoms with van der Waals surface area (Å²) in [5.41, 5.74) is 0.534. The molecule has 25 heavy (non-hydrogen) atoms. The van der Waals surface area contributed by atoms with Gasteiger partial charge in [0.1, 0.15) is 32.1 Å². The maximum Gasteiger partial charge on any atom is 0.312 e. The molecule has 1 aliphatic heterocycles. The van der Waals surface area contributed by atoms with Gasteiger partial charge < -0.3 is 24.6 Å². The zero-order valence-electron chi connectivity index (χ0n) is 14.5. The number of aliphatic hydroxyl groups is 3. The second-order valence-electron chi connectivity index (χ2n) is 7.10. The molecule has 9 nitrogen and oxygen atoms in total. The minimum atomic E-state index is -1.83. The van der Waals surface area contributed by atoms with E-state index in [0.29, 0.717) is 11.3 Å². The van der Waals surface area contributed by atoms with Gasteiger partial charge in [-0.2, -0.15) is 14.4 Å². The van der Waals surface area contributed by atoms with Crippen molar-refractivity contribution in [2.24, 2.45) is 0 Å². The third-order valence-corrected chi connectivity index (χ3v) is 6.72. The molecule has 0 bridgehead atoms. The Balaban J connectivity index is 2.10. The number of aromatic nitrogens is 4. The maximum atomic E-state index is 14.0. The van der Waals surface area contributed by atoms with Gasteiger partial charge in [0.15, 0.2) is 17.7 Å². The van der Waals surface area contributed by atoms with Crippen LogP contribution in [-0.4, -0.2) is 75.0 Å². The maximum absolute atomic E-state index is 14.0. The Morgan fingerprint density at radius 3 is 2.52 bits per heavy atom. The van der Waals surface area contributed by atoms with Crippen molar-refractivity contribution in [3.8, 4) is 0 Å². The number of ether oxygens (including phenoxy) is 1. The molecule has 1 aliphatic rings. The molecule has 3 heterocycles. The number of nitrogens with zero attached hydrogens (tertiary/aromatic N) is 5. The van der Waals surface area contributed by atoms with Gasteiger partial charge in [0, 0.05) is 0 Å². The van der Waals surface area contributed by atoms with Crippen LogP contribution in [0.3, 0.4) is 0 Å². The number of hydrogen-bond acceptors (Lipinski definition) is 8. The lowest BCUT2D eigenvalue weighted by Crippen LogP contribution is -2.44. The largest absolute Gasteiger partial charge is 0.394 e. The van der Waals surface area contributed by atoms with Crippen molar-refractivity contribution >= 4 is 25.2 Å². The monoisotopic (exact) mass is 371 g/mol. The quantitative estimate of drug-likeness (QED) is 0.502. The van der Waals surface area contributed by atoms with E-state index in [0.717, 1.165) is 0 Å². The smallest absolute Gasteiger partial charge is 0.312 e. The number of imidazole rings is 1. The predicted molar refractivity (Wildman–Crippen MR) is 90.0 cm³/mol. The molecule has 0 aliphatic carbocycles. The van der Waals surface area contributed by atoms with Gasteiger partial charge in [-0.3, -0.25) is 4.57 Å². The van der Waals surface area contributed by atoms with Crippen molar-refractivity contribution in [1.82, 2.24) is 19.5 Å². The highest BCUT2D eigenvalue weighted by Gasteiger charge is 2.44. The van der Waals surface area contributed by atoms with Gasteiger partial charge in [0.25, 0.3) is 0 Å². The summed E-state index contributed by atoms with van der Waals surface area (Å²) in [7, 11) is 0.000602. The number of aliphatic hydroxyl groups excluding tert-OH is 3. The minimum Gasteiger partial charge on any atom is -0.394 e. The van der Waals surface area contributed by atoms with Crippen LogP contribution in [0.2, 0.25) is 19.6 Å². The Hall–Kier alpha value is -1.66. The van der Waals surface area contributed by atoms with Crippen molar-refractivity contribution in [2.45, 2.75) is 44.2 Å². The summed E-state index contributed by atoms with van der Waals surface area (Å²) in [6.07, 6.45) is -4.08. The minimum absolute atomic E-state index is 0.155. The summed E-state index contributed by atoms with van der Waals surface area (Å²) >= 11 is 0. The average molecular weight is 371 g/mol. The first-order chi connectivity index (χ1) is 11.6. The van der Waals surface area contributed by atoms with E-state index in [-0.39, 0.29) is 5.65 Å². The number of hydrogen-bond donors (Lipinski definition) is 3. The van der Waals surface area contributed by atoms with E-state index in [2.05, 4.69) is 34.6 Å². The van der Waals surface area contributed by atoms with Crippen molar-refractivity contribution in [3.63, 3.8) is 0 Å². The second kappa shape index (κ2) is 6.25. The van der Waals surface area contributed by atoms with E-state index in [1.54, 1.807) is 0 Å². The second-order valence-corrected chi connectivity index (χ2v) is 12.1. The van der Waals surface area contributed by atoms with E-state index in [1.807, 2.05) is 11.6 Å². The van der Waals surface area contributed by atoms with Crippen LogP contribution >= 0.6 is 0 Å². The summed E-state index contributed by atoms with van der Waals surface area (Å²) in [4.78, 5) is 11.9. The number of halogens is 1. The highest BCUT2D eigenvalue weighted by molar-refractivity contribution is 6.79. The van der Waals surface area contributed by atoms with Crippen LogP contribution in [0.5, 0.6) is 0 Å². The topological polar surface area (TPSA) is 117 Å². The normalized spacial score (nSPS) is 27.2. The average Bonchev–Trinajstić information content (AvgIpc) is 3.07. The molecule has 0 aromatic carbocycles. The highest BCUT2D eigenvalue weighted by Crippen LogP contribution is 2.33. The molecule has 0 amide bonds. The first kappa shape index (κ1) is 18.1. The molecular formula is C14H22FN5O4Si. The molecule has 138 valence electrons. The molecule has 0 saturated carbocycles. The third-order valence-electron chi connectivity index (χ3n) is 4.49. The molecule has 2 aromatic rings. The van der Waals surface area contributed by atoms with Gasteiger partial charge in [0.05, 0.1) is 12.9 Å². The Kier molecular flexibility index (Phi) is 4.53. The number of anilines is 1. The van der Waals surface area contributed by atoms with Gasteiger partial charge >= 0.3 is 6.08 Å². The van der Waals surface area contributed by atoms with Crippen molar-refractivity contribution in [3.05, 3.63) is 12.4 Å². The van der Waals surface area contributed by atoms with Crippen molar-refractivity contribution < 1.29 is 24.4 Å². The molecular weight excluding hydrogens is 349 g/mol. The van der Waals surface area contributed by atoms with Crippen molar-refractivity contribution in [2.75, 3.05) is 18.2 Å². The summed E-state index contributed by atoms with van der Waals surface area (Å²) in [6, 6.07) is 0. The molecule has 2 aromatic heterocycles. The Morgan fingerprint density at radius 2 is 1.96 bits per heavy atom. The Bertz CT molecular complexity index is 782. The fraction of sp³-hybridized carbons (Fsp3) is 0.643. The summed E-state index contributed by atoms with van der Waals surface area (Å²) in [5, 5.41) is 29.3. The van der Waals surface area contributed by atoms with Crippen LogP contribution in [0, 0.1) is 6.08 Å². The van der Waals surface area contributed by atoms with Crippen LogP contribution in [-0.2, 0) is 4.74 Å². The SMILES string of the molecule is CN(c1nc(F)nc2c1ncn2C1OC(CO)C(O)C1O)[Si](C)(C)C. The predicted octanol–water partition coefficient (Wildman–Crippen LogP) is -0.152. The van der Waals surface area contributed by atoms with Gasteiger partial charge in [-0.25, -0.2) is 4.98 Å². The number of fused-ring (bicyclic) bond motifs is 1. The fourth-order valence-electron chi connectivity index (χ4n) is 2.72. The van der Waals surface area contributed by atoms with E-state index >= 15 is 0 Å². The van der Waals surface area contributed by atoms with Gasteiger partial charge in [-0.15, -0.1) is 0 Å². The summed E-state index contributed by atoms with van der Waals surface area (Å²) < 4.78 is 22.8. The molecule has 11 heteroatoms. The molecule has 1 fully saturated rings. The molecule has 1 saturated heterocycles. The first-order valence-corrected chi connectivity index (χ1v) is 11.4. The van der Waals surface area contributed by atoms with E-state index in [1.165, 1.54) is 10.9 Å². The van der Waals surface area contributed by atoms with E-state index in [4.69, 9.17) is 4.74 Å². The van der Waals surface area contributed by atoms with Crippen LogP contribution in [0.15, 0.2) is 6.33 Å². The van der Waals surface area contributed by atoms with Crippen LogP contribution in [0.1, 0.15) is 6.23 Å². The molecule has 0 radical (unpaired) electrons. The van der Waals surface area contributed by atoms with Crippen LogP contribution < -0.4 is 4.57 Å². The lowest BCUT2D eigenvalue weighted by atomic mass is 10.1. The summed E-state index contributed by atoms with van der Waals surface area (Å²) in [6.45, 7) is 5.81. The lowest BCUT2D eigenvalue weighted by molar-refractivity contribution is -0.0511. The molecule has 3 rings (SSSR count). The first-order valence-electron chi connectivity index (χ1n) is 7.91. The standard InChI is InChI=1S/C14H22FN5O4Si/c1-19(25(2,3)4)11-8-12(18-14(15)17-11)20(6-16-8)13-10(23)9(22)7(5-21)24-13/h6-7,9-10,13,21-23H,5H2,1-4H3. The molecule has 4 atom stereocenters. The number of rotatable bonds is 4. The summed E-state index contributed by atoms with van der Waals surface area (Å²) in [5.74, 6) is 0.368. The van der Waals surface area contributed by atoms with E-state index in [9.17, 15) is 19.7 Å². The zero-order chi connectivity index (χ0) is 18.5. The lowest BCUT2D eigenvalue weighted by Gasteiger charge is -2.31.